The molecular weight excluding hydrogens is 206 g/mol. The molecule has 0 aliphatic heterocycles. The van der Waals surface area contributed by atoms with Gasteiger partial charge in [-0.3, -0.25) is 14.9 Å². The van der Waals surface area contributed by atoms with Crippen molar-refractivity contribution in [3.8, 4) is 0 Å². The molecule has 0 saturated heterocycles. The van der Waals surface area contributed by atoms with Crippen LogP contribution in [0, 0.1) is 10.1 Å². The molecule has 16 heavy (non-hydrogen) atoms. The molecule has 2 rings (SSSR count). The fraction of sp³-hybridized carbons (Fsp3) is 0.0833. The summed E-state index contributed by atoms with van der Waals surface area (Å²) >= 11 is 0. The molecule has 0 amide bonds. The Bertz CT molecular complexity index is 590. The van der Waals surface area contributed by atoms with E-state index in [0.717, 1.165) is 5.39 Å². The molecule has 0 spiro atoms. The van der Waals surface area contributed by atoms with E-state index in [9.17, 15) is 14.9 Å². The van der Waals surface area contributed by atoms with Crippen molar-refractivity contribution in [1.82, 2.24) is 0 Å². The Balaban J connectivity index is 2.90. The zero-order valence-corrected chi connectivity index (χ0v) is 8.64. The molecule has 4 heteroatoms. The van der Waals surface area contributed by atoms with Crippen LogP contribution in [0.2, 0.25) is 0 Å². The van der Waals surface area contributed by atoms with E-state index in [0.29, 0.717) is 5.39 Å². The van der Waals surface area contributed by atoms with Crippen molar-refractivity contribution in [3.05, 3.63) is 52.1 Å². The van der Waals surface area contributed by atoms with Crippen LogP contribution in [0.3, 0.4) is 0 Å². The maximum Gasteiger partial charge on any atom is 0.280 e. The lowest BCUT2D eigenvalue weighted by molar-refractivity contribution is -0.385. The Morgan fingerprint density at radius 1 is 1.19 bits per heavy atom. The van der Waals surface area contributed by atoms with E-state index in [1.807, 2.05) is 12.1 Å². The van der Waals surface area contributed by atoms with Crippen molar-refractivity contribution in [2.24, 2.45) is 0 Å². The van der Waals surface area contributed by atoms with Crippen molar-refractivity contribution >= 4 is 22.2 Å². The average Bonchev–Trinajstić information content (AvgIpc) is 2.27. The van der Waals surface area contributed by atoms with Gasteiger partial charge in [0.2, 0.25) is 0 Å². The maximum atomic E-state index is 11.5. The molecule has 0 fully saturated rings. The van der Waals surface area contributed by atoms with E-state index in [2.05, 4.69) is 0 Å². The van der Waals surface area contributed by atoms with Crippen molar-refractivity contribution in [1.29, 1.82) is 0 Å². The van der Waals surface area contributed by atoms with E-state index in [-0.39, 0.29) is 17.0 Å². The van der Waals surface area contributed by atoms with Gasteiger partial charge in [0.05, 0.1) is 4.92 Å². The number of carbonyl (C=O) groups is 1. The zero-order chi connectivity index (χ0) is 11.7. The highest BCUT2D eigenvalue weighted by molar-refractivity contribution is 6.10. The lowest BCUT2D eigenvalue weighted by Crippen LogP contribution is -2.01. The first-order valence-corrected chi connectivity index (χ1v) is 4.78. The smallest absolute Gasteiger partial charge is 0.280 e. The lowest BCUT2D eigenvalue weighted by Gasteiger charge is -2.03. The highest BCUT2D eigenvalue weighted by Gasteiger charge is 2.19. The molecule has 0 bridgehead atoms. The summed E-state index contributed by atoms with van der Waals surface area (Å²) < 4.78 is 0. The van der Waals surface area contributed by atoms with Crippen molar-refractivity contribution in [2.75, 3.05) is 0 Å². The molecule has 4 nitrogen and oxygen atoms in total. The summed E-state index contributed by atoms with van der Waals surface area (Å²) in [6.45, 7) is 1.34. The highest BCUT2D eigenvalue weighted by Crippen LogP contribution is 2.27. The SMILES string of the molecule is CC(=O)c1c([N+](=O)[O-])ccc2ccccc12. The molecular formula is C12H9NO3. The van der Waals surface area contributed by atoms with Gasteiger partial charge in [-0.2, -0.15) is 0 Å². The standard InChI is InChI=1S/C12H9NO3/c1-8(14)12-10-5-3-2-4-9(10)6-7-11(12)13(15)16/h2-7H,1H3. The van der Waals surface area contributed by atoms with Crippen LogP contribution in [0.5, 0.6) is 0 Å². The molecule has 80 valence electrons. The van der Waals surface area contributed by atoms with Crippen LogP contribution in [0.15, 0.2) is 36.4 Å². The van der Waals surface area contributed by atoms with Crippen molar-refractivity contribution in [3.63, 3.8) is 0 Å². The molecule has 2 aromatic rings. The number of hydrogen-bond acceptors (Lipinski definition) is 3. The average molecular weight is 215 g/mol. The number of Topliss-reactive ketones (excluding diaryl/α,β-unsaturated/α-hetero) is 1. The summed E-state index contributed by atoms with van der Waals surface area (Å²) in [5.74, 6) is -0.288. The van der Waals surface area contributed by atoms with E-state index >= 15 is 0 Å². The van der Waals surface area contributed by atoms with E-state index in [1.165, 1.54) is 13.0 Å². The van der Waals surface area contributed by atoms with Gasteiger partial charge in [0, 0.05) is 6.07 Å². The fourth-order valence-electron chi connectivity index (χ4n) is 1.78. The van der Waals surface area contributed by atoms with Crippen molar-refractivity contribution in [2.45, 2.75) is 6.92 Å². The Labute approximate surface area is 91.7 Å². The second-order valence-electron chi connectivity index (χ2n) is 3.49. The van der Waals surface area contributed by atoms with Gasteiger partial charge in [-0.05, 0) is 23.8 Å². The number of ketones is 1. The van der Waals surface area contributed by atoms with E-state index < -0.39 is 4.92 Å². The van der Waals surface area contributed by atoms with E-state index in [1.54, 1.807) is 18.2 Å². The predicted octanol–water partition coefficient (Wildman–Crippen LogP) is 2.95. The molecule has 0 N–H and O–H groups in total. The normalized spacial score (nSPS) is 10.3. The molecule has 0 atom stereocenters. The summed E-state index contributed by atoms with van der Waals surface area (Å²) in [5, 5.41) is 12.3. The number of benzene rings is 2. The van der Waals surface area contributed by atoms with Crippen LogP contribution in [-0.2, 0) is 0 Å². The quantitative estimate of drug-likeness (QED) is 0.439. The Hall–Kier alpha value is -2.23. The van der Waals surface area contributed by atoms with Crippen LogP contribution < -0.4 is 0 Å². The molecule has 0 aromatic heterocycles. The van der Waals surface area contributed by atoms with Crippen LogP contribution in [0.1, 0.15) is 17.3 Å². The highest BCUT2D eigenvalue weighted by atomic mass is 16.6. The third-order valence-electron chi connectivity index (χ3n) is 2.46. The van der Waals surface area contributed by atoms with Gasteiger partial charge in [-0.1, -0.05) is 24.3 Å². The summed E-state index contributed by atoms with van der Waals surface area (Å²) in [7, 11) is 0. The molecule has 0 aliphatic rings. The van der Waals surface area contributed by atoms with Gasteiger partial charge in [-0.15, -0.1) is 0 Å². The molecule has 0 heterocycles. The Morgan fingerprint density at radius 3 is 2.50 bits per heavy atom. The fourth-order valence-corrected chi connectivity index (χ4v) is 1.78. The van der Waals surface area contributed by atoms with Gasteiger partial charge in [0.15, 0.2) is 5.78 Å². The molecule has 0 unspecified atom stereocenters. The zero-order valence-electron chi connectivity index (χ0n) is 8.64. The number of nitrogens with zero attached hydrogens (tertiary/aromatic N) is 1. The first kappa shape index (κ1) is 10.3. The number of carbonyl (C=O) groups excluding carboxylic acids is 1. The summed E-state index contributed by atoms with van der Waals surface area (Å²) in [4.78, 5) is 21.8. The maximum absolute atomic E-state index is 11.5. The Morgan fingerprint density at radius 2 is 1.88 bits per heavy atom. The largest absolute Gasteiger partial charge is 0.294 e. The number of rotatable bonds is 2. The minimum Gasteiger partial charge on any atom is -0.294 e. The Kier molecular flexibility index (Phi) is 2.40. The summed E-state index contributed by atoms with van der Waals surface area (Å²) in [5.41, 5.74) is 0.0503. The first-order chi connectivity index (χ1) is 7.61. The van der Waals surface area contributed by atoms with Crippen LogP contribution >= 0.6 is 0 Å². The monoisotopic (exact) mass is 215 g/mol. The lowest BCUT2D eigenvalue weighted by atomic mass is 10.0. The van der Waals surface area contributed by atoms with Crippen molar-refractivity contribution < 1.29 is 9.72 Å². The second-order valence-corrected chi connectivity index (χ2v) is 3.49. The molecule has 0 aliphatic carbocycles. The van der Waals surface area contributed by atoms with Crippen LogP contribution in [0.4, 0.5) is 5.69 Å². The predicted molar refractivity (Wildman–Crippen MR) is 60.6 cm³/mol. The topological polar surface area (TPSA) is 60.2 Å². The van der Waals surface area contributed by atoms with Gasteiger partial charge in [0.1, 0.15) is 5.56 Å². The number of nitro groups is 1. The third kappa shape index (κ3) is 1.54. The summed E-state index contributed by atoms with van der Waals surface area (Å²) in [6, 6.07) is 10.2. The third-order valence-corrected chi connectivity index (χ3v) is 2.46. The summed E-state index contributed by atoms with van der Waals surface area (Å²) in [6.07, 6.45) is 0. The minimum absolute atomic E-state index is 0.133. The van der Waals surface area contributed by atoms with Crippen LogP contribution in [-0.4, -0.2) is 10.7 Å². The number of nitro benzene ring substituents is 1. The van der Waals surface area contributed by atoms with Gasteiger partial charge in [-0.25, -0.2) is 0 Å². The second kappa shape index (κ2) is 3.73. The van der Waals surface area contributed by atoms with Gasteiger partial charge >= 0.3 is 0 Å². The molecule has 0 saturated carbocycles. The van der Waals surface area contributed by atoms with Gasteiger partial charge < -0.3 is 0 Å². The number of fused-ring (bicyclic) bond motifs is 1. The number of hydrogen-bond donors (Lipinski definition) is 0. The minimum atomic E-state index is -0.525. The molecule has 0 radical (unpaired) electrons. The first-order valence-electron chi connectivity index (χ1n) is 4.78. The van der Waals surface area contributed by atoms with Gasteiger partial charge in [0.25, 0.3) is 5.69 Å². The molecule has 2 aromatic carbocycles. The van der Waals surface area contributed by atoms with E-state index in [4.69, 9.17) is 0 Å². The van der Waals surface area contributed by atoms with Crippen LogP contribution in [0.25, 0.3) is 10.8 Å².